The van der Waals surface area contributed by atoms with E-state index in [1.54, 1.807) is 6.08 Å². The number of nitrogens with one attached hydrogen (secondary N) is 1. The van der Waals surface area contributed by atoms with Crippen LogP contribution in [0.2, 0.25) is 0 Å². The van der Waals surface area contributed by atoms with Gasteiger partial charge in [0.15, 0.2) is 11.5 Å². The fraction of sp³-hybridized carbons (Fsp3) is 0.739. The van der Waals surface area contributed by atoms with Gasteiger partial charge in [-0.05, 0) is 55.1 Å². The van der Waals surface area contributed by atoms with Crippen LogP contribution in [-0.4, -0.2) is 30.2 Å². The third kappa shape index (κ3) is 1.85. The van der Waals surface area contributed by atoms with Gasteiger partial charge in [0.25, 0.3) is 0 Å². The van der Waals surface area contributed by atoms with E-state index in [-0.39, 0.29) is 45.8 Å². The van der Waals surface area contributed by atoms with Gasteiger partial charge >= 0.3 is 5.97 Å². The third-order valence-corrected chi connectivity index (χ3v) is 9.51. The molecular formula is C23H28FNO3. The molecule has 3 saturated carbocycles. The second-order valence-corrected chi connectivity index (χ2v) is 10.7. The van der Waals surface area contributed by atoms with Crippen molar-refractivity contribution in [3.8, 4) is 0 Å². The van der Waals surface area contributed by atoms with Crippen LogP contribution in [-0.2, 0) is 14.3 Å². The van der Waals surface area contributed by atoms with E-state index >= 15 is 4.39 Å². The Morgan fingerprint density at radius 3 is 2.64 bits per heavy atom. The Hall–Kier alpha value is -1.49. The first-order valence-electron chi connectivity index (χ1n) is 10.8. The molecule has 2 saturated heterocycles. The van der Waals surface area contributed by atoms with Crippen LogP contribution in [0.25, 0.3) is 0 Å². The van der Waals surface area contributed by atoms with Gasteiger partial charge in [0, 0.05) is 29.7 Å². The van der Waals surface area contributed by atoms with Crippen molar-refractivity contribution in [1.82, 2.24) is 5.32 Å². The standard InChI is InChI=1S/C23H28FNO3/c1-20-5-3-13(26)9-17(20)22(7-8-22)10-14-15-12-25-23(6-4-18(27)28-23)21(15,2)11-16(24)19(14)20/h3,5,9,14-16,19,25H,4,6-8,10-12H2,1-2H3/t14?,15?,16-,19?,20-,21-,23?/m0/s1. The number of ether oxygens (including phenoxy) is 1. The topological polar surface area (TPSA) is 55.4 Å². The summed E-state index contributed by atoms with van der Waals surface area (Å²) in [6.45, 7) is 5.08. The monoisotopic (exact) mass is 385 g/mol. The number of esters is 1. The Labute approximate surface area is 165 Å². The number of halogens is 1. The molecule has 0 aromatic heterocycles. The van der Waals surface area contributed by atoms with Crippen LogP contribution in [0, 0.1) is 34.0 Å². The summed E-state index contributed by atoms with van der Waals surface area (Å²) in [6.07, 6.45) is 9.15. The molecule has 2 aliphatic heterocycles. The van der Waals surface area contributed by atoms with Crippen LogP contribution >= 0.6 is 0 Å². The van der Waals surface area contributed by atoms with Crippen molar-refractivity contribution in [3.63, 3.8) is 0 Å². The summed E-state index contributed by atoms with van der Waals surface area (Å²) >= 11 is 0. The first-order chi connectivity index (χ1) is 13.2. The smallest absolute Gasteiger partial charge is 0.307 e. The lowest BCUT2D eigenvalue weighted by Crippen LogP contribution is -2.61. The normalized spacial score (nSPS) is 52.9. The minimum absolute atomic E-state index is 0.0487. The van der Waals surface area contributed by atoms with E-state index in [1.807, 2.05) is 12.2 Å². The molecule has 5 heteroatoms. The van der Waals surface area contributed by atoms with Crippen molar-refractivity contribution in [2.45, 2.75) is 64.3 Å². The fourth-order valence-electron chi connectivity index (χ4n) is 8.07. The highest BCUT2D eigenvalue weighted by atomic mass is 19.1. The molecule has 0 aromatic rings. The summed E-state index contributed by atoms with van der Waals surface area (Å²) in [4.78, 5) is 24.1. The number of ketones is 1. The Morgan fingerprint density at radius 2 is 1.96 bits per heavy atom. The van der Waals surface area contributed by atoms with Gasteiger partial charge < -0.3 is 4.74 Å². The first kappa shape index (κ1) is 17.4. The van der Waals surface area contributed by atoms with Gasteiger partial charge in [0.2, 0.25) is 0 Å². The number of hydrogen-bond acceptors (Lipinski definition) is 4. The molecule has 0 bridgehead atoms. The lowest BCUT2D eigenvalue weighted by atomic mass is 9.44. The number of carbonyl (C=O) groups is 2. The van der Waals surface area contributed by atoms with Gasteiger partial charge in [-0.3, -0.25) is 14.9 Å². The fourth-order valence-corrected chi connectivity index (χ4v) is 8.07. The van der Waals surface area contributed by atoms with Crippen molar-refractivity contribution < 1.29 is 18.7 Å². The van der Waals surface area contributed by atoms with Gasteiger partial charge in [-0.2, -0.15) is 0 Å². The van der Waals surface area contributed by atoms with Crippen molar-refractivity contribution in [1.29, 1.82) is 0 Å². The average molecular weight is 385 g/mol. The van der Waals surface area contributed by atoms with Gasteiger partial charge in [0.1, 0.15) is 6.17 Å². The van der Waals surface area contributed by atoms with Crippen molar-refractivity contribution in [3.05, 3.63) is 23.8 Å². The average Bonchev–Trinajstić information content (AvgIpc) is 3.20. The van der Waals surface area contributed by atoms with E-state index in [1.165, 1.54) is 5.57 Å². The Balaban J connectivity index is 1.45. The minimum Gasteiger partial charge on any atom is -0.443 e. The maximum absolute atomic E-state index is 16.0. The summed E-state index contributed by atoms with van der Waals surface area (Å²) in [6, 6.07) is 0. The van der Waals surface area contributed by atoms with Crippen LogP contribution in [0.3, 0.4) is 0 Å². The van der Waals surface area contributed by atoms with Crippen molar-refractivity contribution in [2.24, 2.45) is 34.0 Å². The highest BCUT2D eigenvalue weighted by Gasteiger charge is 2.72. The predicted molar refractivity (Wildman–Crippen MR) is 101 cm³/mol. The maximum Gasteiger partial charge on any atom is 0.307 e. The van der Waals surface area contributed by atoms with Crippen LogP contribution in [0.4, 0.5) is 4.39 Å². The zero-order valence-electron chi connectivity index (χ0n) is 16.6. The number of carbonyl (C=O) groups excluding carboxylic acids is 2. The van der Waals surface area contributed by atoms with E-state index in [0.29, 0.717) is 19.3 Å². The molecule has 4 aliphatic carbocycles. The zero-order valence-corrected chi connectivity index (χ0v) is 16.6. The number of rotatable bonds is 0. The highest BCUT2D eigenvalue weighted by molar-refractivity contribution is 6.01. The second kappa shape index (κ2) is 4.97. The molecular weight excluding hydrogens is 357 g/mol. The highest BCUT2D eigenvalue weighted by Crippen LogP contribution is 2.74. The molecule has 2 heterocycles. The van der Waals surface area contributed by atoms with Crippen molar-refractivity contribution in [2.75, 3.05) is 6.54 Å². The lowest BCUT2D eigenvalue weighted by molar-refractivity contribution is -0.179. The van der Waals surface area contributed by atoms with Gasteiger partial charge in [-0.25, -0.2) is 4.39 Å². The van der Waals surface area contributed by atoms with Crippen LogP contribution in [0.1, 0.15) is 52.4 Å². The van der Waals surface area contributed by atoms with Crippen LogP contribution < -0.4 is 5.32 Å². The molecule has 6 aliphatic rings. The van der Waals surface area contributed by atoms with Gasteiger partial charge in [-0.15, -0.1) is 0 Å². The number of allylic oxidation sites excluding steroid dienone is 4. The summed E-state index contributed by atoms with van der Waals surface area (Å²) in [5.74, 6) is 0.300. The molecule has 4 unspecified atom stereocenters. The Morgan fingerprint density at radius 1 is 1.18 bits per heavy atom. The van der Waals surface area contributed by atoms with Crippen LogP contribution in [0.5, 0.6) is 0 Å². The molecule has 28 heavy (non-hydrogen) atoms. The summed E-state index contributed by atoms with van der Waals surface area (Å²) in [5.41, 5.74) is -0.183. The third-order valence-electron chi connectivity index (χ3n) is 9.51. The molecule has 0 radical (unpaired) electrons. The zero-order chi connectivity index (χ0) is 19.5. The molecule has 150 valence electrons. The molecule has 2 spiro atoms. The molecule has 7 atom stereocenters. The van der Waals surface area contributed by atoms with E-state index in [2.05, 4.69) is 19.2 Å². The molecule has 6 rings (SSSR count). The summed E-state index contributed by atoms with van der Waals surface area (Å²) in [7, 11) is 0. The molecule has 1 N–H and O–H groups in total. The summed E-state index contributed by atoms with van der Waals surface area (Å²) < 4.78 is 21.8. The first-order valence-corrected chi connectivity index (χ1v) is 10.8. The van der Waals surface area contributed by atoms with E-state index < -0.39 is 11.9 Å². The number of fused-ring (bicyclic) bond motifs is 7. The quantitative estimate of drug-likeness (QED) is 0.649. The van der Waals surface area contributed by atoms with Gasteiger partial charge in [0.05, 0.1) is 6.42 Å². The predicted octanol–water partition coefficient (Wildman–Crippen LogP) is 3.48. The Bertz CT molecular complexity index is 860. The lowest BCUT2D eigenvalue weighted by Gasteiger charge is -2.60. The van der Waals surface area contributed by atoms with E-state index in [9.17, 15) is 9.59 Å². The van der Waals surface area contributed by atoms with Gasteiger partial charge in [-0.1, -0.05) is 25.5 Å². The molecule has 0 aromatic carbocycles. The molecule has 0 amide bonds. The number of hydrogen-bond donors (Lipinski definition) is 1. The number of alkyl halides is 1. The molecule has 5 fully saturated rings. The minimum atomic E-state index is -0.968. The summed E-state index contributed by atoms with van der Waals surface area (Å²) in [5, 5.41) is 3.54. The SMILES string of the molecule is C[C@]12C=CC(=O)C=C1C1(CC1)CC1C2[C@@H](F)C[C@@]2(C)C1CNC21CCC(=O)O1. The van der Waals surface area contributed by atoms with E-state index in [4.69, 9.17) is 4.74 Å². The molecule has 4 nitrogen and oxygen atoms in total. The van der Waals surface area contributed by atoms with Crippen molar-refractivity contribution >= 4 is 11.8 Å². The van der Waals surface area contributed by atoms with E-state index in [0.717, 1.165) is 25.8 Å². The maximum atomic E-state index is 16.0. The largest absolute Gasteiger partial charge is 0.443 e. The second-order valence-electron chi connectivity index (χ2n) is 10.7. The Kier molecular flexibility index (Phi) is 3.09. The van der Waals surface area contributed by atoms with Crippen LogP contribution in [0.15, 0.2) is 23.8 Å².